The fourth-order valence-electron chi connectivity index (χ4n) is 2.48. The number of methoxy groups -OCH3 is 3. The van der Waals surface area contributed by atoms with Crippen LogP contribution in [0, 0.1) is 5.92 Å². The van der Waals surface area contributed by atoms with E-state index in [9.17, 15) is 0 Å². The Morgan fingerprint density at radius 1 is 1.15 bits per heavy atom. The third-order valence-electron chi connectivity index (χ3n) is 3.81. The molecular weight excluding hydrogens is 254 g/mol. The van der Waals surface area contributed by atoms with E-state index in [1.807, 2.05) is 12.1 Å². The van der Waals surface area contributed by atoms with Gasteiger partial charge in [0.05, 0.1) is 20.8 Å². The monoisotopic (exact) mass is 279 g/mol. The molecule has 0 saturated heterocycles. The Balaban J connectivity index is 1.83. The maximum atomic E-state index is 5.33. The molecule has 0 aliphatic heterocycles. The number of nitrogens with one attached hydrogen (secondary N) is 1. The van der Waals surface area contributed by atoms with E-state index >= 15 is 0 Å². The molecule has 0 bridgehead atoms. The molecule has 112 valence electrons. The zero-order valence-electron chi connectivity index (χ0n) is 12.6. The highest BCUT2D eigenvalue weighted by Gasteiger charge is 2.30. The highest BCUT2D eigenvalue weighted by Crippen LogP contribution is 2.32. The van der Waals surface area contributed by atoms with Crippen LogP contribution in [-0.2, 0) is 11.2 Å². The van der Waals surface area contributed by atoms with Crippen LogP contribution in [-0.4, -0.2) is 40.5 Å². The normalized spacial score (nSPS) is 15.9. The van der Waals surface area contributed by atoms with Crippen molar-refractivity contribution in [2.75, 3.05) is 34.5 Å². The highest BCUT2D eigenvalue weighted by atomic mass is 16.5. The second-order valence-electron chi connectivity index (χ2n) is 5.29. The van der Waals surface area contributed by atoms with Crippen LogP contribution < -0.4 is 14.8 Å². The van der Waals surface area contributed by atoms with Gasteiger partial charge in [-0.25, -0.2) is 0 Å². The van der Waals surface area contributed by atoms with Crippen LogP contribution in [0.3, 0.4) is 0 Å². The summed E-state index contributed by atoms with van der Waals surface area (Å²) in [6.45, 7) is 1.76. The Morgan fingerprint density at radius 3 is 2.50 bits per heavy atom. The van der Waals surface area contributed by atoms with Gasteiger partial charge in [-0.3, -0.25) is 0 Å². The molecule has 1 aromatic rings. The average molecular weight is 279 g/mol. The van der Waals surface area contributed by atoms with Crippen molar-refractivity contribution in [3.05, 3.63) is 23.8 Å². The van der Waals surface area contributed by atoms with E-state index in [1.54, 1.807) is 21.3 Å². The smallest absolute Gasteiger partial charge is 0.160 e. The molecule has 20 heavy (non-hydrogen) atoms. The predicted molar refractivity (Wildman–Crippen MR) is 79.6 cm³/mol. The third kappa shape index (κ3) is 4.12. The summed E-state index contributed by atoms with van der Waals surface area (Å²) in [4.78, 5) is 0. The first-order chi connectivity index (χ1) is 9.78. The van der Waals surface area contributed by atoms with Crippen molar-refractivity contribution >= 4 is 0 Å². The summed E-state index contributed by atoms with van der Waals surface area (Å²) in [6.07, 6.45) is 3.64. The summed E-state index contributed by atoms with van der Waals surface area (Å²) < 4.78 is 15.8. The van der Waals surface area contributed by atoms with Crippen molar-refractivity contribution in [1.29, 1.82) is 0 Å². The first kappa shape index (κ1) is 15.1. The van der Waals surface area contributed by atoms with Gasteiger partial charge in [0.2, 0.25) is 0 Å². The van der Waals surface area contributed by atoms with Gasteiger partial charge in [-0.05, 0) is 49.4 Å². The minimum Gasteiger partial charge on any atom is -0.493 e. The standard InChI is InChI=1S/C16H25NO3/c1-18-11-14(13-5-6-13)17-9-8-12-4-7-15(19-2)16(10-12)20-3/h4,7,10,13-14,17H,5-6,8-9,11H2,1-3H3. The molecule has 4 nitrogen and oxygen atoms in total. The minimum absolute atomic E-state index is 0.500. The molecule has 4 heteroatoms. The van der Waals surface area contributed by atoms with Crippen LogP contribution in [0.4, 0.5) is 0 Å². The Labute approximate surface area is 121 Å². The SMILES string of the molecule is COCC(NCCc1ccc(OC)c(OC)c1)C1CC1. The first-order valence-corrected chi connectivity index (χ1v) is 7.21. The van der Waals surface area contributed by atoms with Crippen molar-refractivity contribution in [2.24, 2.45) is 5.92 Å². The molecule has 1 atom stereocenters. The van der Waals surface area contributed by atoms with E-state index in [-0.39, 0.29) is 0 Å². The van der Waals surface area contributed by atoms with Crippen LogP contribution >= 0.6 is 0 Å². The second-order valence-corrected chi connectivity index (χ2v) is 5.29. The lowest BCUT2D eigenvalue weighted by molar-refractivity contribution is 0.158. The summed E-state index contributed by atoms with van der Waals surface area (Å²) >= 11 is 0. The Kier molecular flexibility index (Phi) is 5.68. The van der Waals surface area contributed by atoms with Crippen molar-refractivity contribution < 1.29 is 14.2 Å². The van der Waals surface area contributed by atoms with Crippen LogP contribution in [0.15, 0.2) is 18.2 Å². The zero-order valence-corrected chi connectivity index (χ0v) is 12.6. The molecule has 1 aliphatic rings. The predicted octanol–water partition coefficient (Wildman–Crippen LogP) is 2.26. The number of rotatable bonds is 9. The Hall–Kier alpha value is -1.26. The molecule has 1 fully saturated rings. The molecule has 1 saturated carbocycles. The van der Waals surface area contributed by atoms with E-state index < -0.39 is 0 Å². The van der Waals surface area contributed by atoms with Gasteiger partial charge in [0.25, 0.3) is 0 Å². The molecule has 0 aromatic heterocycles. The summed E-state index contributed by atoms with van der Waals surface area (Å²) in [7, 11) is 5.09. The topological polar surface area (TPSA) is 39.7 Å². The summed E-state index contributed by atoms with van der Waals surface area (Å²) in [5, 5.41) is 3.60. The molecule has 0 spiro atoms. The third-order valence-corrected chi connectivity index (χ3v) is 3.81. The number of hydrogen-bond donors (Lipinski definition) is 1. The lowest BCUT2D eigenvalue weighted by atomic mass is 10.1. The summed E-state index contributed by atoms with van der Waals surface area (Å²) in [5.41, 5.74) is 1.25. The van der Waals surface area contributed by atoms with Gasteiger partial charge in [0.1, 0.15) is 0 Å². The van der Waals surface area contributed by atoms with Crippen molar-refractivity contribution in [3.63, 3.8) is 0 Å². The number of benzene rings is 1. The first-order valence-electron chi connectivity index (χ1n) is 7.21. The fraction of sp³-hybridized carbons (Fsp3) is 0.625. The van der Waals surface area contributed by atoms with Gasteiger partial charge in [-0.15, -0.1) is 0 Å². The Morgan fingerprint density at radius 2 is 1.90 bits per heavy atom. The molecular formula is C16H25NO3. The number of ether oxygens (including phenoxy) is 3. The lowest BCUT2D eigenvalue weighted by Crippen LogP contribution is -2.36. The highest BCUT2D eigenvalue weighted by molar-refractivity contribution is 5.42. The molecule has 1 aliphatic carbocycles. The average Bonchev–Trinajstić information content (AvgIpc) is 3.30. The summed E-state index contributed by atoms with van der Waals surface area (Å²) in [5.74, 6) is 2.38. The molecule has 0 amide bonds. The van der Waals surface area contributed by atoms with Gasteiger partial charge in [-0.2, -0.15) is 0 Å². The van der Waals surface area contributed by atoms with Gasteiger partial charge >= 0.3 is 0 Å². The van der Waals surface area contributed by atoms with E-state index in [4.69, 9.17) is 14.2 Å². The van der Waals surface area contributed by atoms with Gasteiger partial charge < -0.3 is 19.5 Å². The minimum atomic E-state index is 0.500. The Bertz CT molecular complexity index is 418. The summed E-state index contributed by atoms with van der Waals surface area (Å²) in [6, 6.07) is 6.59. The fourth-order valence-corrected chi connectivity index (χ4v) is 2.48. The van der Waals surface area contributed by atoms with Crippen LogP contribution in [0.1, 0.15) is 18.4 Å². The van der Waals surface area contributed by atoms with Crippen LogP contribution in [0.2, 0.25) is 0 Å². The molecule has 1 aromatic carbocycles. The van der Waals surface area contributed by atoms with E-state index in [1.165, 1.54) is 18.4 Å². The number of hydrogen-bond acceptors (Lipinski definition) is 4. The molecule has 2 rings (SSSR count). The lowest BCUT2D eigenvalue weighted by Gasteiger charge is -2.17. The largest absolute Gasteiger partial charge is 0.493 e. The molecule has 0 radical (unpaired) electrons. The molecule has 1 unspecified atom stereocenters. The van der Waals surface area contributed by atoms with Gasteiger partial charge in [-0.1, -0.05) is 6.07 Å². The van der Waals surface area contributed by atoms with E-state index in [2.05, 4.69) is 11.4 Å². The van der Waals surface area contributed by atoms with Crippen LogP contribution in [0.25, 0.3) is 0 Å². The van der Waals surface area contributed by atoms with Gasteiger partial charge in [0, 0.05) is 13.2 Å². The van der Waals surface area contributed by atoms with Crippen molar-refractivity contribution in [1.82, 2.24) is 5.32 Å². The quantitative estimate of drug-likeness (QED) is 0.752. The van der Waals surface area contributed by atoms with Crippen LogP contribution in [0.5, 0.6) is 11.5 Å². The zero-order chi connectivity index (χ0) is 14.4. The van der Waals surface area contributed by atoms with Crippen molar-refractivity contribution in [2.45, 2.75) is 25.3 Å². The van der Waals surface area contributed by atoms with E-state index in [0.717, 1.165) is 37.0 Å². The van der Waals surface area contributed by atoms with E-state index in [0.29, 0.717) is 6.04 Å². The maximum Gasteiger partial charge on any atom is 0.160 e. The van der Waals surface area contributed by atoms with Crippen molar-refractivity contribution in [3.8, 4) is 11.5 Å². The molecule has 0 heterocycles. The second kappa shape index (κ2) is 7.50. The molecule has 1 N–H and O–H groups in total. The van der Waals surface area contributed by atoms with Gasteiger partial charge in [0.15, 0.2) is 11.5 Å². The maximum absolute atomic E-state index is 5.33.